The Labute approximate surface area is 152 Å². The second kappa shape index (κ2) is 9.14. The molecule has 2 aromatic carbocycles. The van der Waals surface area contributed by atoms with Crippen molar-refractivity contribution in [1.82, 2.24) is 0 Å². The van der Waals surface area contributed by atoms with Crippen LogP contribution in [0, 0.1) is 5.92 Å². The van der Waals surface area contributed by atoms with E-state index in [0.717, 1.165) is 6.42 Å². The van der Waals surface area contributed by atoms with E-state index in [-0.39, 0.29) is 12.2 Å². The van der Waals surface area contributed by atoms with Gasteiger partial charge in [-0.05, 0) is 43.2 Å². The molecule has 0 aromatic heterocycles. The van der Waals surface area contributed by atoms with Gasteiger partial charge in [-0.25, -0.2) is 0 Å². The fraction of sp³-hybridized carbons (Fsp3) is 0.250. The van der Waals surface area contributed by atoms with E-state index >= 15 is 0 Å². The Morgan fingerprint density at radius 2 is 1.80 bits per heavy atom. The summed E-state index contributed by atoms with van der Waals surface area (Å²) in [5.74, 6) is -2.20. The van der Waals surface area contributed by atoms with Crippen LogP contribution >= 0.6 is 11.6 Å². The summed E-state index contributed by atoms with van der Waals surface area (Å²) in [6.07, 6.45) is 2.26. The molecule has 130 valence electrons. The topological polar surface area (TPSA) is 55.7 Å². The van der Waals surface area contributed by atoms with E-state index < -0.39 is 17.7 Å². The highest BCUT2D eigenvalue weighted by Crippen LogP contribution is 2.20. The molecule has 5 heteroatoms. The number of carbonyl (C=O) groups is 2. The van der Waals surface area contributed by atoms with Gasteiger partial charge in [0.2, 0.25) is 0 Å². The van der Waals surface area contributed by atoms with Crippen molar-refractivity contribution in [1.29, 1.82) is 0 Å². The summed E-state index contributed by atoms with van der Waals surface area (Å²) < 4.78 is 5.02. The summed E-state index contributed by atoms with van der Waals surface area (Å²) >= 11 is 6.08. The zero-order chi connectivity index (χ0) is 18.2. The number of ketones is 1. The first kappa shape index (κ1) is 18.9. The minimum atomic E-state index is -1.13. The van der Waals surface area contributed by atoms with Gasteiger partial charge in [-0.2, -0.15) is 0 Å². The molecule has 0 N–H and O–H groups in total. The molecule has 0 amide bonds. The largest absolute Gasteiger partial charge is 0.465 e. The second-order valence-corrected chi connectivity index (χ2v) is 5.78. The maximum Gasteiger partial charge on any atom is 0.322 e. The number of hydrogen-bond acceptors (Lipinski definition) is 4. The monoisotopic (exact) mass is 357 g/mol. The van der Waals surface area contributed by atoms with Gasteiger partial charge in [-0.3, -0.25) is 14.6 Å². The van der Waals surface area contributed by atoms with E-state index in [4.69, 9.17) is 16.3 Å². The lowest BCUT2D eigenvalue weighted by atomic mass is 9.98. The molecule has 0 aliphatic rings. The average molecular weight is 358 g/mol. The Kier molecular flexibility index (Phi) is 6.90. The maximum atomic E-state index is 12.7. The van der Waals surface area contributed by atoms with Gasteiger partial charge >= 0.3 is 5.97 Å². The number of ether oxygens (including phenoxy) is 1. The van der Waals surface area contributed by atoms with E-state index in [1.54, 1.807) is 31.2 Å². The number of halogens is 1. The fourth-order valence-corrected chi connectivity index (χ4v) is 2.50. The number of esters is 1. The molecular weight excluding hydrogens is 338 g/mol. The van der Waals surface area contributed by atoms with Gasteiger partial charge in [-0.1, -0.05) is 42.8 Å². The van der Waals surface area contributed by atoms with E-state index in [0.29, 0.717) is 10.7 Å². The number of aryl methyl sites for hydroxylation is 1. The number of nitrogens with zero attached hydrogens (tertiary/aromatic N) is 1. The molecule has 0 saturated carbocycles. The number of rotatable bonds is 7. The lowest BCUT2D eigenvalue weighted by Crippen LogP contribution is -2.28. The molecule has 0 fully saturated rings. The van der Waals surface area contributed by atoms with Gasteiger partial charge < -0.3 is 4.74 Å². The second-order valence-electron chi connectivity index (χ2n) is 5.37. The summed E-state index contributed by atoms with van der Waals surface area (Å²) in [6, 6.07) is 14.2. The Balaban J connectivity index is 2.29. The van der Waals surface area contributed by atoms with Crippen LogP contribution in [0.4, 0.5) is 5.69 Å². The zero-order valence-corrected chi connectivity index (χ0v) is 15.0. The molecule has 0 spiro atoms. The van der Waals surface area contributed by atoms with Crippen LogP contribution in [-0.2, 0) is 16.0 Å². The van der Waals surface area contributed by atoms with Gasteiger partial charge in [0, 0.05) is 11.8 Å². The zero-order valence-electron chi connectivity index (χ0n) is 14.2. The van der Waals surface area contributed by atoms with E-state index in [2.05, 4.69) is 11.9 Å². The van der Waals surface area contributed by atoms with E-state index in [1.165, 1.54) is 11.8 Å². The van der Waals surface area contributed by atoms with Crippen molar-refractivity contribution in [3.05, 3.63) is 64.7 Å². The molecule has 0 aliphatic heterocycles. The number of hydrogen-bond donors (Lipinski definition) is 0. The van der Waals surface area contributed by atoms with Crippen LogP contribution in [0.2, 0.25) is 5.02 Å². The van der Waals surface area contributed by atoms with Crippen LogP contribution < -0.4 is 0 Å². The van der Waals surface area contributed by atoms with E-state index in [1.807, 2.05) is 24.3 Å². The third-order valence-electron chi connectivity index (χ3n) is 3.68. The molecule has 2 aromatic rings. The Bertz CT molecular complexity index is 769. The van der Waals surface area contributed by atoms with Crippen LogP contribution in [0.15, 0.2) is 53.5 Å². The lowest BCUT2D eigenvalue weighted by Gasteiger charge is -2.11. The van der Waals surface area contributed by atoms with Crippen molar-refractivity contribution < 1.29 is 14.3 Å². The molecule has 1 unspecified atom stereocenters. The van der Waals surface area contributed by atoms with Crippen molar-refractivity contribution in [3.63, 3.8) is 0 Å². The molecule has 25 heavy (non-hydrogen) atoms. The molecule has 0 saturated heterocycles. The number of aliphatic imine (C=N–C) groups is 1. The van der Waals surface area contributed by atoms with Crippen molar-refractivity contribution in [2.45, 2.75) is 20.3 Å². The Hall–Kier alpha value is -2.46. The van der Waals surface area contributed by atoms with Gasteiger partial charge in [0.15, 0.2) is 11.7 Å². The number of Topliss-reactive ketones (excluding diaryl/α,β-unsaturated/α-hetero) is 1. The number of carbonyl (C=O) groups excluding carboxylic acids is 2. The predicted molar refractivity (Wildman–Crippen MR) is 99.9 cm³/mol. The third kappa shape index (κ3) is 5.00. The smallest absolute Gasteiger partial charge is 0.322 e. The van der Waals surface area contributed by atoms with Crippen molar-refractivity contribution in [2.75, 3.05) is 6.61 Å². The molecule has 0 heterocycles. The van der Waals surface area contributed by atoms with E-state index in [9.17, 15) is 9.59 Å². The SMILES string of the molecule is CCOC(=O)C(C=Nc1ccc(CC)cc1)C(=O)c1ccccc1Cl. The standard InChI is InChI=1S/C20H20ClNO3/c1-3-14-9-11-15(12-10-14)22-13-17(20(24)25-4-2)19(23)16-7-5-6-8-18(16)21/h5-13,17H,3-4H2,1-2H3. The maximum absolute atomic E-state index is 12.7. The summed E-state index contributed by atoms with van der Waals surface area (Å²) in [4.78, 5) is 29.2. The van der Waals surface area contributed by atoms with Crippen molar-refractivity contribution >= 4 is 35.3 Å². The van der Waals surface area contributed by atoms with Crippen LogP contribution in [-0.4, -0.2) is 24.6 Å². The molecule has 0 radical (unpaired) electrons. The lowest BCUT2D eigenvalue weighted by molar-refractivity contribution is -0.143. The van der Waals surface area contributed by atoms with Gasteiger partial charge in [0.25, 0.3) is 0 Å². The highest BCUT2D eigenvalue weighted by Gasteiger charge is 2.28. The summed E-state index contributed by atoms with van der Waals surface area (Å²) in [6.45, 7) is 3.94. The highest BCUT2D eigenvalue weighted by molar-refractivity contribution is 6.35. The summed E-state index contributed by atoms with van der Waals surface area (Å²) in [5.41, 5.74) is 2.13. The fourth-order valence-electron chi connectivity index (χ4n) is 2.27. The van der Waals surface area contributed by atoms with Gasteiger partial charge in [0.1, 0.15) is 0 Å². The van der Waals surface area contributed by atoms with Gasteiger partial charge in [-0.15, -0.1) is 0 Å². The van der Waals surface area contributed by atoms with Crippen LogP contribution in [0.5, 0.6) is 0 Å². The molecule has 0 bridgehead atoms. The van der Waals surface area contributed by atoms with Crippen molar-refractivity contribution in [3.8, 4) is 0 Å². The normalized spacial score (nSPS) is 12.1. The summed E-state index contributed by atoms with van der Waals surface area (Å²) in [7, 11) is 0. The van der Waals surface area contributed by atoms with Gasteiger partial charge in [0.05, 0.1) is 17.3 Å². The first-order chi connectivity index (χ1) is 12.1. The van der Waals surface area contributed by atoms with Crippen LogP contribution in [0.25, 0.3) is 0 Å². The first-order valence-corrected chi connectivity index (χ1v) is 8.53. The predicted octanol–water partition coefficient (Wildman–Crippen LogP) is 4.67. The molecule has 4 nitrogen and oxygen atoms in total. The highest BCUT2D eigenvalue weighted by atomic mass is 35.5. The minimum Gasteiger partial charge on any atom is -0.465 e. The Morgan fingerprint density at radius 1 is 1.12 bits per heavy atom. The first-order valence-electron chi connectivity index (χ1n) is 8.15. The summed E-state index contributed by atoms with van der Waals surface area (Å²) in [5, 5.41) is 0.294. The average Bonchev–Trinajstić information content (AvgIpc) is 2.63. The minimum absolute atomic E-state index is 0.185. The molecule has 0 aliphatic carbocycles. The Morgan fingerprint density at radius 3 is 2.40 bits per heavy atom. The third-order valence-corrected chi connectivity index (χ3v) is 4.01. The molecule has 1 atom stereocenters. The molecule has 2 rings (SSSR count). The van der Waals surface area contributed by atoms with Crippen LogP contribution in [0.3, 0.4) is 0 Å². The van der Waals surface area contributed by atoms with Crippen molar-refractivity contribution in [2.24, 2.45) is 10.9 Å². The van der Waals surface area contributed by atoms with Crippen LogP contribution in [0.1, 0.15) is 29.8 Å². The number of benzene rings is 2. The molecular formula is C20H20ClNO3. The quantitative estimate of drug-likeness (QED) is 0.313.